The van der Waals surface area contributed by atoms with Crippen LogP contribution in [0.15, 0.2) is 53.7 Å². The molecule has 1 aliphatic rings. The van der Waals surface area contributed by atoms with Crippen molar-refractivity contribution in [3.63, 3.8) is 0 Å². The Labute approximate surface area is 174 Å². The zero-order valence-corrected chi connectivity index (χ0v) is 16.1. The first kappa shape index (κ1) is 22.2. The minimum atomic E-state index is -4.91. The maximum atomic E-state index is 14.1. The van der Waals surface area contributed by atoms with Gasteiger partial charge in [-0.25, -0.2) is 9.18 Å². The van der Waals surface area contributed by atoms with Gasteiger partial charge in [0.1, 0.15) is 5.82 Å². The number of hydrogen-bond donors (Lipinski definition) is 3. The number of allylic oxidation sites excluding steroid dienone is 2. The van der Waals surface area contributed by atoms with E-state index in [-0.39, 0.29) is 17.0 Å². The van der Waals surface area contributed by atoms with E-state index in [2.05, 4.69) is 5.32 Å². The van der Waals surface area contributed by atoms with Gasteiger partial charge < -0.3 is 10.4 Å². The summed E-state index contributed by atoms with van der Waals surface area (Å²) in [6.45, 7) is 0. The molecule has 1 aliphatic carbocycles. The number of carbonyl (C=O) groups excluding carboxylic acids is 1. The molecule has 5 nitrogen and oxygen atoms in total. The summed E-state index contributed by atoms with van der Waals surface area (Å²) in [6.07, 6.45) is -2.84. The summed E-state index contributed by atoms with van der Waals surface area (Å²) in [6, 6.07) is 7.88. The van der Waals surface area contributed by atoms with Crippen molar-refractivity contribution in [2.75, 3.05) is 0 Å². The third-order valence-electron chi connectivity index (χ3n) is 5.00. The molecule has 2 aromatic carbocycles. The number of carboxylic acid groups (broad SMARTS) is 1. The van der Waals surface area contributed by atoms with Crippen molar-refractivity contribution in [1.82, 2.24) is 5.32 Å². The molecule has 162 valence electrons. The highest BCUT2D eigenvalue weighted by Gasteiger charge is 2.37. The molecule has 31 heavy (non-hydrogen) atoms. The Bertz CT molecular complexity index is 1070. The summed E-state index contributed by atoms with van der Waals surface area (Å²) in [4.78, 5) is 23.6. The molecular formula is C22H18F4N2O3. The van der Waals surface area contributed by atoms with Crippen LogP contribution in [0.2, 0.25) is 0 Å². The molecule has 2 aromatic rings. The Morgan fingerprint density at radius 1 is 0.968 bits per heavy atom. The Morgan fingerprint density at radius 3 is 2.19 bits per heavy atom. The van der Waals surface area contributed by atoms with Crippen molar-refractivity contribution >= 4 is 17.6 Å². The van der Waals surface area contributed by atoms with Crippen molar-refractivity contribution in [3.8, 4) is 0 Å². The molecule has 0 atom stereocenters. The van der Waals surface area contributed by atoms with Crippen LogP contribution in [0.4, 0.5) is 17.6 Å². The molecule has 0 radical (unpaired) electrons. The highest BCUT2D eigenvalue weighted by molar-refractivity contribution is 6.12. The molecule has 3 N–H and O–H groups in total. The van der Waals surface area contributed by atoms with E-state index in [4.69, 9.17) is 10.5 Å². The third kappa shape index (κ3) is 4.82. The molecule has 0 aliphatic heterocycles. The molecular weight excluding hydrogens is 416 g/mol. The second-order valence-corrected chi connectivity index (χ2v) is 7.04. The van der Waals surface area contributed by atoms with Crippen LogP contribution in [0, 0.1) is 11.2 Å². The first-order chi connectivity index (χ1) is 14.6. The maximum Gasteiger partial charge on any atom is 0.417 e. The molecule has 0 unspecified atom stereocenters. The Morgan fingerprint density at radius 2 is 1.58 bits per heavy atom. The van der Waals surface area contributed by atoms with Gasteiger partial charge in [0.05, 0.1) is 22.4 Å². The summed E-state index contributed by atoms with van der Waals surface area (Å²) >= 11 is 0. The summed E-state index contributed by atoms with van der Waals surface area (Å²) < 4.78 is 53.9. The Hall–Kier alpha value is -3.49. The zero-order chi connectivity index (χ0) is 22.8. The highest BCUT2D eigenvalue weighted by atomic mass is 19.4. The molecule has 0 heterocycles. The van der Waals surface area contributed by atoms with Crippen molar-refractivity contribution in [3.05, 3.63) is 81.8 Å². The number of carbonyl (C=O) groups is 2. The smallest absolute Gasteiger partial charge is 0.417 e. The lowest BCUT2D eigenvalue weighted by molar-refractivity contribution is -0.138. The van der Waals surface area contributed by atoms with Crippen LogP contribution in [0.1, 0.15) is 57.5 Å². The van der Waals surface area contributed by atoms with E-state index in [0.29, 0.717) is 42.9 Å². The fraction of sp³-hybridized carbons (Fsp3) is 0.227. The van der Waals surface area contributed by atoms with Crippen LogP contribution in [0.5, 0.6) is 0 Å². The van der Waals surface area contributed by atoms with Gasteiger partial charge in [-0.3, -0.25) is 10.2 Å². The highest BCUT2D eigenvalue weighted by Crippen LogP contribution is 2.34. The summed E-state index contributed by atoms with van der Waals surface area (Å²) in [5.41, 5.74) is -1.31. The normalized spacial score (nSPS) is 14.3. The standard InChI is InChI=1S/C22H18F4N2O3/c23-16-6-3-5-15(22(24,25)26)18(16)20(29)28-17-7-2-1-4-14(17)19(27)12-8-10-13(11-9-12)21(30)31/h3,5-6,8-11,27H,1-2,4,7H2,(H,28,29)(H,30,31). The number of aromatic carboxylic acids is 1. The van der Waals surface area contributed by atoms with Gasteiger partial charge >= 0.3 is 12.1 Å². The molecule has 0 saturated heterocycles. The first-order valence-corrected chi connectivity index (χ1v) is 9.41. The zero-order valence-electron chi connectivity index (χ0n) is 16.1. The number of alkyl halides is 3. The predicted octanol–water partition coefficient (Wildman–Crippen LogP) is 5.17. The van der Waals surface area contributed by atoms with E-state index in [1.54, 1.807) is 0 Å². The average molecular weight is 434 g/mol. The number of benzene rings is 2. The Kier molecular flexibility index (Phi) is 6.24. The van der Waals surface area contributed by atoms with Crippen LogP contribution >= 0.6 is 0 Å². The minimum absolute atomic E-state index is 0.0246. The monoisotopic (exact) mass is 434 g/mol. The van der Waals surface area contributed by atoms with Gasteiger partial charge in [-0.05, 0) is 61.1 Å². The van der Waals surface area contributed by atoms with Crippen molar-refractivity contribution < 1.29 is 32.3 Å². The van der Waals surface area contributed by atoms with Gasteiger partial charge in [0.2, 0.25) is 0 Å². The van der Waals surface area contributed by atoms with Gasteiger partial charge in [-0.1, -0.05) is 18.2 Å². The van der Waals surface area contributed by atoms with Gasteiger partial charge in [0.25, 0.3) is 5.91 Å². The molecule has 1 amide bonds. The topological polar surface area (TPSA) is 90.3 Å². The molecule has 0 saturated carbocycles. The van der Waals surface area contributed by atoms with Crippen LogP contribution in [-0.4, -0.2) is 22.7 Å². The van der Waals surface area contributed by atoms with E-state index in [0.717, 1.165) is 12.1 Å². The summed E-state index contributed by atoms with van der Waals surface area (Å²) in [5, 5.41) is 19.8. The maximum absolute atomic E-state index is 14.1. The van der Waals surface area contributed by atoms with Crippen LogP contribution in [0.25, 0.3) is 0 Å². The number of hydrogen-bond acceptors (Lipinski definition) is 3. The molecule has 0 spiro atoms. The van der Waals surface area contributed by atoms with Gasteiger partial charge in [0.15, 0.2) is 0 Å². The second-order valence-electron chi connectivity index (χ2n) is 7.04. The van der Waals surface area contributed by atoms with E-state index in [1.165, 1.54) is 24.3 Å². The fourth-order valence-corrected chi connectivity index (χ4v) is 3.46. The fourth-order valence-electron chi connectivity index (χ4n) is 3.46. The molecule has 9 heteroatoms. The average Bonchev–Trinajstić information content (AvgIpc) is 2.72. The van der Waals surface area contributed by atoms with Crippen molar-refractivity contribution in [2.45, 2.75) is 31.9 Å². The lowest BCUT2D eigenvalue weighted by Gasteiger charge is -2.23. The predicted molar refractivity (Wildman–Crippen MR) is 105 cm³/mol. The number of amides is 1. The first-order valence-electron chi connectivity index (χ1n) is 9.41. The number of carboxylic acids is 1. The number of nitrogens with one attached hydrogen (secondary N) is 2. The van der Waals surface area contributed by atoms with Crippen LogP contribution in [-0.2, 0) is 6.18 Å². The molecule has 3 rings (SSSR count). The van der Waals surface area contributed by atoms with Gasteiger partial charge in [-0.2, -0.15) is 13.2 Å². The number of halogens is 4. The molecule has 0 fully saturated rings. The van der Waals surface area contributed by atoms with Crippen molar-refractivity contribution in [1.29, 1.82) is 5.41 Å². The van der Waals surface area contributed by atoms with Gasteiger partial charge in [-0.15, -0.1) is 0 Å². The van der Waals surface area contributed by atoms with E-state index < -0.39 is 35.0 Å². The SMILES string of the molecule is N=C(C1=C(NC(=O)c2c(F)cccc2C(F)(F)F)CCCC1)c1ccc(C(=O)O)cc1. The quantitative estimate of drug-likeness (QED) is 0.448. The minimum Gasteiger partial charge on any atom is -0.478 e. The lowest BCUT2D eigenvalue weighted by atomic mass is 9.89. The summed E-state index contributed by atoms with van der Waals surface area (Å²) in [5.74, 6) is -3.63. The molecule has 0 aromatic heterocycles. The van der Waals surface area contributed by atoms with E-state index in [1.807, 2.05) is 0 Å². The largest absolute Gasteiger partial charge is 0.478 e. The van der Waals surface area contributed by atoms with Crippen molar-refractivity contribution in [2.24, 2.45) is 0 Å². The number of rotatable bonds is 5. The van der Waals surface area contributed by atoms with Gasteiger partial charge in [0, 0.05) is 5.70 Å². The Balaban J connectivity index is 1.94. The third-order valence-corrected chi connectivity index (χ3v) is 5.00. The second kappa shape index (κ2) is 8.71. The molecule has 0 bridgehead atoms. The summed E-state index contributed by atoms with van der Waals surface area (Å²) in [7, 11) is 0. The lowest BCUT2D eigenvalue weighted by Crippen LogP contribution is -2.30. The van der Waals surface area contributed by atoms with E-state index in [9.17, 15) is 27.2 Å². The van der Waals surface area contributed by atoms with E-state index >= 15 is 0 Å². The van der Waals surface area contributed by atoms with Crippen LogP contribution < -0.4 is 5.32 Å². The van der Waals surface area contributed by atoms with Crippen LogP contribution in [0.3, 0.4) is 0 Å².